The highest BCUT2D eigenvalue weighted by Gasteiger charge is 2.16. The van der Waals surface area contributed by atoms with Gasteiger partial charge in [-0.05, 0) is 57.8 Å². The minimum absolute atomic E-state index is 0.0737. The van der Waals surface area contributed by atoms with Gasteiger partial charge in [0.2, 0.25) is 0 Å². The molecule has 0 aliphatic heterocycles. The molecule has 1 N–H and O–H groups in total. The summed E-state index contributed by atoms with van der Waals surface area (Å²) in [6.07, 6.45) is 54.3. The van der Waals surface area contributed by atoms with Crippen molar-refractivity contribution in [2.24, 2.45) is 0 Å². The predicted molar refractivity (Wildman–Crippen MR) is 219 cm³/mol. The zero-order valence-electron chi connectivity index (χ0n) is 33.4. The summed E-state index contributed by atoms with van der Waals surface area (Å²) in [4.78, 5) is 24.3. The zero-order valence-corrected chi connectivity index (χ0v) is 33.4. The standard InChI is InChI=1S/C46H80O5/c1-3-5-7-9-11-13-15-17-19-21-22-23-24-25-27-29-31-33-35-37-39-41-46(49)51-44(42-47)43-50-45(48)40-38-36-34-32-30-28-26-20-18-16-14-12-10-8-6-4-2/h5,7,11,13,17,19,22-23,25,27,44,47H,3-4,6,8-10,12,14-16,18,20-21,24,26,28-43H2,1-2H3/b7-5-,13-11-,19-17-,23-22-,27-25-. The average Bonchev–Trinajstić information content (AvgIpc) is 3.13. The van der Waals surface area contributed by atoms with E-state index in [1.54, 1.807) is 0 Å². The molecule has 51 heavy (non-hydrogen) atoms. The van der Waals surface area contributed by atoms with Crippen LogP contribution in [-0.4, -0.2) is 36.4 Å². The molecule has 0 bridgehead atoms. The number of carbonyl (C=O) groups excluding carboxylic acids is 2. The number of aliphatic hydroxyl groups is 1. The Bertz CT molecular complexity index is 899. The van der Waals surface area contributed by atoms with Crippen LogP contribution in [0, 0.1) is 0 Å². The molecular formula is C46H80O5. The molecule has 0 radical (unpaired) electrons. The van der Waals surface area contributed by atoms with Crippen LogP contribution in [0.1, 0.15) is 200 Å². The highest BCUT2D eigenvalue weighted by molar-refractivity contribution is 5.70. The molecule has 5 nitrogen and oxygen atoms in total. The van der Waals surface area contributed by atoms with Crippen LogP contribution in [0.2, 0.25) is 0 Å². The lowest BCUT2D eigenvalue weighted by Gasteiger charge is -2.15. The molecule has 5 heteroatoms. The number of carbonyl (C=O) groups is 2. The molecule has 0 saturated heterocycles. The second-order valence-electron chi connectivity index (χ2n) is 14.0. The van der Waals surface area contributed by atoms with Crippen LogP contribution in [0.15, 0.2) is 60.8 Å². The molecular weight excluding hydrogens is 633 g/mol. The van der Waals surface area contributed by atoms with Gasteiger partial charge in [0.25, 0.3) is 0 Å². The number of aliphatic hydroxyl groups excluding tert-OH is 1. The summed E-state index contributed by atoms with van der Waals surface area (Å²) < 4.78 is 10.6. The maximum atomic E-state index is 12.2. The van der Waals surface area contributed by atoms with Gasteiger partial charge in [-0.1, -0.05) is 190 Å². The quantitative estimate of drug-likeness (QED) is 0.0392. The van der Waals surface area contributed by atoms with Crippen LogP contribution >= 0.6 is 0 Å². The van der Waals surface area contributed by atoms with Crippen molar-refractivity contribution < 1.29 is 24.2 Å². The highest BCUT2D eigenvalue weighted by Crippen LogP contribution is 2.15. The van der Waals surface area contributed by atoms with Gasteiger partial charge in [0, 0.05) is 12.8 Å². The first-order valence-electron chi connectivity index (χ1n) is 21.3. The fourth-order valence-electron chi connectivity index (χ4n) is 5.87. The fourth-order valence-corrected chi connectivity index (χ4v) is 5.87. The number of hydrogen-bond donors (Lipinski definition) is 1. The Morgan fingerprint density at radius 1 is 0.471 bits per heavy atom. The number of unbranched alkanes of at least 4 members (excludes halogenated alkanes) is 20. The third-order valence-electron chi connectivity index (χ3n) is 9.08. The molecule has 0 aromatic heterocycles. The monoisotopic (exact) mass is 713 g/mol. The van der Waals surface area contributed by atoms with Gasteiger partial charge < -0.3 is 14.6 Å². The summed E-state index contributed by atoms with van der Waals surface area (Å²) in [6, 6.07) is 0. The molecule has 0 aliphatic carbocycles. The molecule has 0 aliphatic rings. The van der Waals surface area contributed by atoms with Crippen LogP contribution in [-0.2, 0) is 19.1 Å². The van der Waals surface area contributed by atoms with Gasteiger partial charge in [-0.3, -0.25) is 9.59 Å². The van der Waals surface area contributed by atoms with Crippen molar-refractivity contribution in [3.8, 4) is 0 Å². The summed E-state index contributed by atoms with van der Waals surface area (Å²) in [5.74, 6) is -0.610. The first kappa shape index (κ1) is 48.6. The van der Waals surface area contributed by atoms with Gasteiger partial charge in [0.15, 0.2) is 6.10 Å². The molecule has 294 valence electrons. The van der Waals surface area contributed by atoms with E-state index in [0.29, 0.717) is 12.8 Å². The van der Waals surface area contributed by atoms with Gasteiger partial charge in [-0.25, -0.2) is 0 Å². The van der Waals surface area contributed by atoms with Gasteiger partial charge in [0.05, 0.1) is 6.61 Å². The molecule has 0 rings (SSSR count). The van der Waals surface area contributed by atoms with E-state index < -0.39 is 6.10 Å². The maximum absolute atomic E-state index is 12.2. The van der Waals surface area contributed by atoms with Crippen LogP contribution in [0.3, 0.4) is 0 Å². The van der Waals surface area contributed by atoms with E-state index in [1.807, 2.05) is 0 Å². The molecule has 0 saturated carbocycles. The Kier molecular flexibility index (Phi) is 40.0. The Labute approximate surface area is 315 Å². The van der Waals surface area contributed by atoms with E-state index in [4.69, 9.17) is 9.47 Å². The lowest BCUT2D eigenvalue weighted by molar-refractivity contribution is -0.161. The first-order chi connectivity index (χ1) is 25.1. The Hall–Kier alpha value is -2.40. The molecule has 0 aromatic rings. The predicted octanol–water partition coefficient (Wildman–Crippen LogP) is 13.6. The third-order valence-corrected chi connectivity index (χ3v) is 9.08. The SMILES string of the molecule is CC/C=C\C/C=C\C/C=C\C/C=C\C/C=C\CCCCCCCC(=O)OC(CO)COC(=O)CCCCCCCCCCCCCCCCCC. The van der Waals surface area contributed by atoms with Gasteiger partial charge in [0.1, 0.15) is 6.61 Å². The second kappa shape index (κ2) is 42.0. The van der Waals surface area contributed by atoms with E-state index in [0.717, 1.165) is 89.9 Å². The van der Waals surface area contributed by atoms with Crippen molar-refractivity contribution in [3.63, 3.8) is 0 Å². The Morgan fingerprint density at radius 3 is 1.27 bits per heavy atom. The average molecular weight is 713 g/mol. The summed E-state index contributed by atoms with van der Waals surface area (Å²) in [6.45, 7) is 4.01. The van der Waals surface area contributed by atoms with Crippen LogP contribution in [0.4, 0.5) is 0 Å². The lowest BCUT2D eigenvalue weighted by Crippen LogP contribution is -2.28. The molecule has 0 amide bonds. The maximum Gasteiger partial charge on any atom is 0.306 e. The van der Waals surface area contributed by atoms with E-state index in [-0.39, 0.29) is 25.2 Å². The molecule has 0 aromatic carbocycles. The number of esters is 2. The normalized spacial score (nSPS) is 12.8. The number of hydrogen-bond acceptors (Lipinski definition) is 5. The Morgan fingerprint density at radius 2 is 0.843 bits per heavy atom. The van der Waals surface area contributed by atoms with E-state index >= 15 is 0 Å². The van der Waals surface area contributed by atoms with Gasteiger partial charge in [-0.15, -0.1) is 0 Å². The number of rotatable bonds is 38. The number of allylic oxidation sites excluding steroid dienone is 10. The minimum atomic E-state index is -0.782. The molecule has 0 spiro atoms. The van der Waals surface area contributed by atoms with E-state index in [1.165, 1.54) is 83.5 Å². The molecule has 0 fully saturated rings. The largest absolute Gasteiger partial charge is 0.462 e. The lowest BCUT2D eigenvalue weighted by atomic mass is 10.0. The van der Waals surface area contributed by atoms with Crippen LogP contribution < -0.4 is 0 Å². The first-order valence-corrected chi connectivity index (χ1v) is 21.3. The molecule has 1 atom stereocenters. The van der Waals surface area contributed by atoms with Crippen molar-refractivity contribution in [1.29, 1.82) is 0 Å². The Balaban J connectivity index is 3.59. The minimum Gasteiger partial charge on any atom is -0.462 e. The summed E-state index contributed by atoms with van der Waals surface area (Å²) >= 11 is 0. The fraction of sp³-hybridized carbons (Fsp3) is 0.739. The van der Waals surface area contributed by atoms with Crippen molar-refractivity contribution in [1.82, 2.24) is 0 Å². The van der Waals surface area contributed by atoms with Gasteiger partial charge in [-0.2, -0.15) is 0 Å². The van der Waals surface area contributed by atoms with Crippen molar-refractivity contribution in [2.75, 3.05) is 13.2 Å². The smallest absolute Gasteiger partial charge is 0.306 e. The van der Waals surface area contributed by atoms with Crippen LogP contribution in [0.5, 0.6) is 0 Å². The third kappa shape index (κ3) is 40.2. The van der Waals surface area contributed by atoms with Gasteiger partial charge >= 0.3 is 11.9 Å². The van der Waals surface area contributed by atoms with E-state index in [2.05, 4.69) is 74.6 Å². The van der Waals surface area contributed by atoms with E-state index in [9.17, 15) is 14.7 Å². The van der Waals surface area contributed by atoms with Crippen molar-refractivity contribution >= 4 is 11.9 Å². The van der Waals surface area contributed by atoms with Crippen LogP contribution in [0.25, 0.3) is 0 Å². The van der Waals surface area contributed by atoms with Crippen molar-refractivity contribution in [2.45, 2.75) is 206 Å². The number of ether oxygens (including phenoxy) is 2. The summed E-state index contributed by atoms with van der Waals surface area (Å²) in [5, 5.41) is 9.58. The molecule has 0 heterocycles. The zero-order chi connectivity index (χ0) is 37.1. The molecule has 1 unspecified atom stereocenters. The topological polar surface area (TPSA) is 72.8 Å². The highest BCUT2D eigenvalue weighted by atomic mass is 16.6. The second-order valence-corrected chi connectivity index (χ2v) is 14.0. The summed E-state index contributed by atoms with van der Waals surface area (Å²) in [5.41, 5.74) is 0. The summed E-state index contributed by atoms with van der Waals surface area (Å²) in [7, 11) is 0. The van der Waals surface area contributed by atoms with Crippen molar-refractivity contribution in [3.05, 3.63) is 60.8 Å².